The third-order valence-corrected chi connectivity index (χ3v) is 5.51. The lowest BCUT2D eigenvalue weighted by Crippen LogP contribution is -2.58. The highest BCUT2D eigenvalue weighted by Gasteiger charge is 2.30. The number of rotatable bonds is 16. The quantitative estimate of drug-likeness (QED) is 0.103. The fourth-order valence-corrected chi connectivity index (χ4v) is 3.23. The van der Waals surface area contributed by atoms with E-state index in [4.69, 9.17) is 16.6 Å². The van der Waals surface area contributed by atoms with Crippen LogP contribution in [0.15, 0.2) is 24.3 Å². The fraction of sp³-hybridized carbons (Fsp3) is 0.455. The second kappa shape index (κ2) is 15.3. The number of carbonyl (C=O) groups is 6. The Morgan fingerprint density at radius 2 is 1.32 bits per heavy atom. The molecule has 10 N–H and O–H groups in total. The van der Waals surface area contributed by atoms with Crippen LogP contribution in [-0.4, -0.2) is 80.8 Å². The zero-order valence-corrected chi connectivity index (χ0v) is 20.6. The number of phenolic OH excluding ortho intramolecular Hbond substituents is 1. The van der Waals surface area contributed by atoms with E-state index in [1.54, 1.807) is 0 Å². The summed E-state index contributed by atoms with van der Waals surface area (Å²) in [4.78, 5) is 71.8. The van der Waals surface area contributed by atoms with Crippen LogP contribution in [0.4, 0.5) is 0 Å². The molecule has 15 heteroatoms. The van der Waals surface area contributed by atoms with Gasteiger partial charge in [-0.3, -0.25) is 24.0 Å². The predicted octanol–water partition coefficient (Wildman–Crippen LogP) is -2.14. The Bertz CT molecular complexity index is 989. The molecule has 0 fully saturated rings. The highest BCUT2D eigenvalue weighted by Crippen LogP contribution is 2.12. The van der Waals surface area contributed by atoms with Crippen LogP contribution in [0.2, 0.25) is 0 Å². The lowest BCUT2D eigenvalue weighted by Gasteiger charge is -2.25. The minimum absolute atomic E-state index is 0.0179. The number of benzene rings is 1. The number of carbonyl (C=O) groups excluding carboxylic acids is 4. The molecule has 4 unspecified atom stereocenters. The van der Waals surface area contributed by atoms with E-state index in [1.165, 1.54) is 24.3 Å². The van der Waals surface area contributed by atoms with E-state index in [0.717, 1.165) is 0 Å². The topological polar surface area (TPSA) is 251 Å². The van der Waals surface area contributed by atoms with Crippen molar-refractivity contribution in [3.8, 4) is 5.75 Å². The zero-order valence-electron chi connectivity index (χ0n) is 19.8. The van der Waals surface area contributed by atoms with Gasteiger partial charge in [0.05, 0.1) is 6.04 Å². The molecular formula is C22H31N5O9S. The number of phenols is 1. The monoisotopic (exact) mass is 541 g/mol. The maximum Gasteiger partial charge on any atom is 0.326 e. The number of primary amides is 1. The number of aromatic hydroxyl groups is 1. The van der Waals surface area contributed by atoms with Crippen molar-refractivity contribution in [3.05, 3.63) is 29.8 Å². The zero-order chi connectivity index (χ0) is 28.1. The maximum absolute atomic E-state index is 13.1. The Morgan fingerprint density at radius 1 is 0.811 bits per heavy atom. The largest absolute Gasteiger partial charge is 0.508 e. The lowest BCUT2D eigenvalue weighted by molar-refractivity contribution is -0.143. The first-order chi connectivity index (χ1) is 17.3. The number of nitrogens with two attached hydrogens (primary N) is 2. The van der Waals surface area contributed by atoms with Crippen molar-refractivity contribution >= 4 is 48.2 Å². The molecule has 4 amide bonds. The smallest absolute Gasteiger partial charge is 0.326 e. The Morgan fingerprint density at radius 3 is 1.84 bits per heavy atom. The first kappa shape index (κ1) is 31.2. The van der Waals surface area contributed by atoms with Gasteiger partial charge in [0.25, 0.3) is 0 Å². The van der Waals surface area contributed by atoms with Gasteiger partial charge in [-0.2, -0.15) is 12.6 Å². The molecule has 0 aliphatic heterocycles. The summed E-state index contributed by atoms with van der Waals surface area (Å²) in [6, 6.07) is 0.457. The number of carboxylic acids is 2. The number of carboxylic acid groups (broad SMARTS) is 2. The minimum Gasteiger partial charge on any atom is -0.508 e. The number of hydrogen-bond donors (Lipinski definition) is 9. The van der Waals surface area contributed by atoms with Crippen molar-refractivity contribution in [1.82, 2.24) is 16.0 Å². The second-order valence-electron chi connectivity index (χ2n) is 8.12. The van der Waals surface area contributed by atoms with Gasteiger partial charge in [-0.25, -0.2) is 4.79 Å². The molecule has 1 aromatic rings. The number of aliphatic carboxylic acids is 2. The van der Waals surface area contributed by atoms with Crippen LogP contribution in [0.3, 0.4) is 0 Å². The van der Waals surface area contributed by atoms with Crippen LogP contribution in [0.25, 0.3) is 0 Å². The lowest BCUT2D eigenvalue weighted by atomic mass is 10.0. The van der Waals surface area contributed by atoms with E-state index in [-0.39, 0.29) is 30.8 Å². The molecule has 4 atom stereocenters. The van der Waals surface area contributed by atoms with Crippen LogP contribution < -0.4 is 27.4 Å². The number of amides is 4. The molecule has 0 saturated carbocycles. The molecule has 0 saturated heterocycles. The van der Waals surface area contributed by atoms with E-state index >= 15 is 0 Å². The summed E-state index contributed by atoms with van der Waals surface area (Å²) in [5, 5.41) is 34.6. The van der Waals surface area contributed by atoms with Crippen molar-refractivity contribution in [1.29, 1.82) is 0 Å². The van der Waals surface area contributed by atoms with Gasteiger partial charge >= 0.3 is 11.9 Å². The Hall–Kier alpha value is -3.85. The molecule has 204 valence electrons. The third kappa shape index (κ3) is 11.6. The molecule has 0 aromatic heterocycles. The summed E-state index contributed by atoms with van der Waals surface area (Å²) >= 11 is 3.95. The van der Waals surface area contributed by atoms with Crippen molar-refractivity contribution in [2.24, 2.45) is 11.5 Å². The van der Waals surface area contributed by atoms with E-state index < -0.39 is 72.6 Å². The van der Waals surface area contributed by atoms with Gasteiger partial charge in [-0.05, 0) is 30.5 Å². The first-order valence-corrected chi connectivity index (χ1v) is 11.8. The first-order valence-electron chi connectivity index (χ1n) is 11.1. The summed E-state index contributed by atoms with van der Waals surface area (Å²) in [5.74, 6) is -6.14. The van der Waals surface area contributed by atoms with Crippen molar-refractivity contribution in [3.63, 3.8) is 0 Å². The molecule has 1 rings (SSSR count). The van der Waals surface area contributed by atoms with Crippen LogP contribution >= 0.6 is 12.6 Å². The highest BCUT2D eigenvalue weighted by molar-refractivity contribution is 7.80. The van der Waals surface area contributed by atoms with Crippen LogP contribution in [-0.2, 0) is 35.2 Å². The van der Waals surface area contributed by atoms with E-state index in [2.05, 4.69) is 28.6 Å². The van der Waals surface area contributed by atoms with E-state index in [1.807, 2.05) is 0 Å². The number of nitrogens with one attached hydrogen (secondary N) is 3. The van der Waals surface area contributed by atoms with Crippen LogP contribution in [0, 0.1) is 0 Å². The molecule has 0 heterocycles. The SMILES string of the molecule is NC(=O)CCC(NC(=O)C(Cc1ccc(O)cc1)NC(=O)C(N)CS)C(=O)NC(CCC(=O)O)C(=O)O. The summed E-state index contributed by atoms with van der Waals surface area (Å²) in [6.07, 6.45) is -1.67. The maximum atomic E-state index is 13.1. The van der Waals surface area contributed by atoms with Crippen LogP contribution in [0.1, 0.15) is 31.2 Å². The van der Waals surface area contributed by atoms with Gasteiger partial charge in [0, 0.05) is 25.0 Å². The molecule has 1 aromatic carbocycles. The van der Waals surface area contributed by atoms with Gasteiger partial charge in [0.15, 0.2) is 0 Å². The second-order valence-corrected chi connectivity index (χ2v) is 8.48. The molecular weight excluding hydrogens is 510 g/mol. The van der Waals surface area contributed by atoms with Crippen molar-refractivity contribution < 1.29 is 44.1 Å². The number of thiol groups is 1. The number of hydrogen-bond acceptors (Lipinski definition) is 9. The molecule has 0 radical (unpaired) electrons. The normalized spacial score (nSPS) is 13.9. The molecule has 0 aliphatic rings. The summed E-state index contributed by atoms with van der Waals surface area (Å²) in [7, 11) is 0. The van der Waals surface area contributed by atoms with Gasteiger partial charge in [0.1, 0.15) is 23.9 Å². The molecule has 14 nitrogen and oxygen atoms in total. The van der Waals surface area contributed by atoms with Gasteiger partial charge in [0.2, 0.25) is 23.6 Å². The summed E-state index contributed by atoms with van der Waals surface area (Å²) in [6.45, 7) is 0. The summed E-state index contributed by atoms with van der Waals surface area (Å²) in [5.41, 5.74) is 11.4. The van der Waals surface area contributed by atoms with Crippen molar-refractivity contribution in [2.75, 3.05) is 5.75 Å². The van der Waals surface area contributed by atoms with Gasteiger partial charge in [-0.15, -0.1) is 0 Å². The van der Waals surface area contributed by atoms with E-state index in [9.17, 15) is 39.0 Å². The highest BCUT2D eigenvalue weighted by atomic mass is 32.1. The molecule has 0 spiro atoms. The average Bonchev–Trinajstić information content (AvgIpc) is 2.83. The van der Waals surface area contributed by atoms with Crippen molar-refractivity contribution in [2.45, 2.75) is 56.3 Å². The predicted molar refractivity (Wildman–Crippen MR) is 132 cm³/mol. The molecule has 0 aliphatic carbocycles. The fourth-order valence-electron chi connectivity index (χ4n) is 3.06. The Kier molecular flexibility index (Phi) is 12.9. The molecule has 37 heavy (non-hydrogen) atoms. The Labute approximate surface area is 217 Å². The minimum atomic E-state index is -1.57. The van der Waals surface area contributed by atoms with Gasteiger partial charge in [-0.1, -0.05) is 12.1 Å². The van der Waals surface area contributed by atoms with Gasteiger partial charge < -0.3 is 42.7 Å². The van der Waals surface area contributed by atoms with Crippen LogP contribution in [0.5, 0.6) is 5.75 Å². The third-order valence-electron chi connectivity index (χ3n) is 5.12. The summed E-state index contributed by atoms with van der Waals surface area (Å²) < 4.78 is 0. The standard InChI is InChI=1S/C22H31N5O9S/c23-13(10-37)19(32)27-16(9-11-1-3-12(28)4-2-11)21(34)25-14(5-7-17(24)29)20(33)26-15(22(35)36)6-8-18(30)31/h1-4,13-16,28,37H,5-10,23H2,(H2,24,29)(H,25,34)(H,26,33)(H,27,32)(H,30,31)(H,35,36). The van der Waals surface area contributed by atoms with E-state index in [0.29, 0.717) is 5.56 Å². The Balaban J connectivity index is 3.13. The average molecular weight is 542 g/mol. The molecule has 0 bridgehead atoms.